The fourth-order valence-electron chi connectivity index (χ4n) is 5.01. The van der Waals surface area contributed by atoms with Crippen molar-refractivity contribution in [3.63, 3.8) is 0 Å². The summed E-state index contributed by atoms with van der Waals surface area (Å²) in [7, 11) is 1.73. The molecule has 5 nitrogen and oxygen atoms in total. The highest BCUT2D eigenvalue weighted by Crippen LogP contribution is 2.40. The van der Waals surface area contributed by atoms with Crippen LogP contribution in [0.25, 0.3) is 16.8 Å². The number of rotatable bonds is 8. The van der Waals surface area contributed by atoms with E-state index in [-0.39, 0.29) is 0 Å². The predicted molar refractivity (Wildman–Crippen MR) is 132 cm³/mol. The zero-order valence-electron chi connectivity index (χ0n) is 19.6. The van der Waals surface area contributed by atoms with Crippen LogP contribution in [0.3, 0.4) is 0 Å². The number of nitrogens with zero attached hydrogens (tertiary/aromatic N) is 3. The lowest BCUT2D eigenvalue weighted by atomic mass is 9.99. The van der Waals surface area contributed by atoms with E-state index in [0.717, 1.165) is 55.1 Å². The minimum absolute atomic E-state index is 0.604. The van der Waals surface area contributed by atoms with E-state index in [4.69, 9.17) is 14.6 Å². The second-order valence-corrected chi connectivity index (χ2v) is 10.1. The van der Waals surface area contributed by atoms with Crippen molar-refractivity contribution in [1.29, 1.82) is 0 Å². The predicted octanol–water partition coefficient (Wildman–Crippen LogP) is 5.60. The van der Waals surface area contributed by atoms with Crippen LogP contribution in [0.15, 0.2) is 35.4 Å². The number of thioether (sulfide) groups is 1. The van der Waals surface area contributed by atoms with Crippen LogP contribution in [-0.4, -0.2) is 49.3 Å². The second-order valence-electron chi connectivity index (χ2n) is 9.28. The van der Waals surface area contributed by atoms with E-state index in [1.165, 1.54) is 40.7 Å². The summed E-state index contributed by atoms with van der Waals surface area (Å²) in [4.78, 5) is 2.61. The van der Waals surface area contributed by atoms with Crippen LogP contribution < -0.4 is 9.64 Å². The molecule has 3 aromatic rings. The first kappa shape index (κ1) is 21.7. The molecule has 0 amide bonds. The van der Waals surface area contributed by atoms with Gasteiger partial charge in [-0.3, -0.25) is 0 Å². The summed E-state index contributed by atoms with van der Waals surface area (Å²) in [5, 5.41) is 6.24. The van der Waals surface area contributed by atoms with Crippen LogP contribution in [0, 0.1) is 25.7 Å². The Morgan fingerprint density at radius 2 is 1.88 bits per heavy atom. The third-order valence-electron chi connectivity index (χ3n) is 6.79. The highest BCUT2D eigenvalue weighted by Gasteiger charge is 2.30. The van der Waals surface area contributed by atoms with Crippen molar-refractivity contribution in [2.75, 3.05) is 44.6 Å². The number of pyridine rings is 1. The Morgan fingerprint density at radius 3 is 2.50 bits per heavy atom. The summed E-state index contributed by atoms with van der Waals surface area (Å²) >= 11 is 1.75. The zero-order valence-corrected chi connectivity index (χ0v) is 20.4. The fraction of sp³-hybridized carbons (Fsp3) is 0.500. The minimum atomic E-state index is 0.604. The van der Waals surface area contributed by atoms with Crippen LogP contribution in [0.1, 0.15) is 30.4 Å². The van der Waals surface area contributed by atoms with Gasteiger partial charge in [-0.1, -0.05) is 6.07 Å². The number of aromatic nitrogens is 2. The van der Waals surface area contributed by atoms with Gasteiger partial charge < -0.3 is 14.4 Å². The summed E-state index contributed by atoms with van der Waals surface area (Å²) in [5.41, 5.74) is 7.27. The summed E-state index contributed by atoms with van der Waals surface area (Å²) in [6.07, 6.45) is 6.00. The molecule has 2 fully saturated rings. The molecular formula is C26H33N3O2S. The number of aryl methyl sites for hydroxylation is 2. The van der Waals surface area contributed by atoms with Gasteiger partial charge in [0.1, 0.15) is 10.8 Å². The summed E-state index contributed by atoms with van der Waals surface area (Å²) < 4.78 is 13.3. The van der Waals surface area contributed by atoms with Gasteiger partial charge in [0.05, 0.1) is 30.6 Å². The Bertz CT molecular complexity index is 1090. The topological polar surface area (TPSA) is 39.0 Å². The van der Waals surface area contributed by atoms with E-state index >= 15 is 0 Å². The molecule has 1 aliphatic heterocycles. The number of methoxy groups -OCH3 is 1. The average molecular weight is 452 g/mol. The SMILES string of the molecule is COc1cc(C)c(-c2cccc3c(N(CC4CC4)CC4CCOC4)c(SC)nn23)c(C)c1. The highest BCUT2D eigenvalue weighted by molar-refractivity contribution is 7.98. The molecule has 2 aliphatic rings. The number of anilines is 1. The molecule has 5 rings (SSSR count). The van der Waals surface area contributed by atoms with E-state index < -0.39 is 0 Å². The van der Waals surface area contributed by atoms with E-state index in [9.17, 15) is 0 Å². The molecule has 1 atom stereocenters. The molecular weight excluding hydrogens is 418 g/mol. The van der Waals surface area contributed by atoms with Gasteiger partial charge in [-0.15, -0.1) is 11.8 Å². The van der Waals surface area contributed by atoms with Crippen molar-refractivity contribution in [3.05, 3.63) is 41.5 Å². The molecule has 1 saturated heterocycles. The number of hydrogen-bond donors (Lipinski definition) is 0. The Labute approximate surface area is 195 Å². The third-order valence-corrected chi connectivity index (χ3v) is 7.45. The molecule has 170 valence electrons. The molecule has 3 heterocycles. The molecule has 6 heteroatoms. The highest BCUT2D eigenvalue weighted by atomic mass is 32.2. The fourth-order valence-corrected chi connectivity index (χ4v) is 5.60. The van der Waals surface area contributed by atoms with Crippen molar-refractivity contribution >= 4 is 23.0 Å². The lowest BCUT2D eigenvalue weighted by Gasteiger charge is -2.27. The van der Waals surface area contributed by atoms with Crippen molar-refractivity contribution < 1.29 is 9.47 Å². The maximum absolute atomic E-state index is 5.70. The second kappa shape index (κ2) is 8.99. The molecule has 32 heavy (non-hydrogen) atoms. The van der Waals surface area contributed by atoms with Crippen LogP contribution in [-0.2, 0) is 4.74 Å². The van der Waals surface area contributed by atoms with Crippen LogP contribution in [0.2, 0.25) is 0 Å². The van der Waals surface area contributed by atoms with E-state index in [0.29, 0.717) is 5.92 Å². The number of benzene rings is 1. The lowest BCUT2D eigenvalue weighted by Crippen LogP contribution is -2.32. The first-order chi connectivity index (χ1) is 15.6. The summed E-state index contributed by atoms with van der Waals surface area (Å²) in [6, 6.07) is 10.8. The van der Waals surface area contributed by atoms with Gasteiger partial charge in [0.2, 0.25) is 0 Å². The number of fused-ring (bicyclic) bond motifs is 1. The van der Waals surface area contributed by atoms with Crippen molar-refractivity contribution in [2.45, 2.75) is 38.1 Å². The van der Waals surface area contributed by atoms with E-state index in [1.54, 1.807) is 18.9 Å². The molecule has 0 N–H and O–H groups in total. The normalized spacial score (nSPS) is 18.4. The number of ether oxygens (including phenoxy) is 2. The molecule has 0 radical (unpaired) electrons. The van der Waals surface area contributed by atoms with E-state index in [2.05, 4.69) is 59.9 Å². The van der Waals surface area contributed by atoms with Gasteiger partial charge in [0.15, 0.2) is 0 Å². The largest absolute Gasteiger partial charge is 0.497 e. The maximum atomic E-state index is 5.70. The Morgan fingerprint density at radius 1 is 1.12 bits per heavy atom. The van der Waals surface area contributed by atoms with Gasteiger partial charge in [-0.05, 0) is 80.7 Å². The average Bonchev–Trinajstić information content (AvgIpc) is 3.30. The molecule has 1 unspecified atom stereocenters. The molecule has 1 saturated carbocycles. The molecule has 1 aliphatic carbocycles. The first-order valence-corrected chi connectivity index (χ1v) is 12.9. The number of hydrogen-bond acceptors (Lipinski definition) is 5. The van der Waals surface area contributed by atoms with Crippen LogP contribution >= 0.6 is 11.8 Å². The Hall–Kier alpha value is -2.18. The van der Waals surface area contributed by atoms with Gasteiger partial charge in [0.25, 0.3) is 0 Å². The van der Waals surface area contributed by atoms with Gasteiger partial charge in [0, 0.05) is 31.2 Å². The summed E-state index contributed by atoms with van der Waals surface area (Å²) in [6.45, 7) is 8.26. The monoisotopic (exact) mass is 451 g/mol. The molecule has 2 aromatic heterocycles. The van der Waals surface area contributed by atoms with E-state index in [1.807, 2.05) is 0 Å². The molecule has 0 spiro atoms. The first-order valence-electron chi connectivity index (χ1n) is 11.6. The van der Waals surface area contributed by atoms with Crippen molar-refractivity contribution in [1.82, 2.24) is 9.61 Å². The smallest absolute Gasteiger partial charge is 0.142 e. The lowest BCUT2D eigenvalue weighted by molar-refractivity contribution is 0.186. The van der Waals surface area contributed by atoms with Gasteiger partial charge in [-0.2, -0.15) is 5.10 Å². The van der Waals surface area contributed by atoms with Gasteiger partial charge >= 0.3 is 0 Å². The third kappa shape index (κ3) is 4.11. The minimum Gasteiger partial charge on any atom is -0.497 e. The van der Waals surface area contributed by atoms with Crippen LogP contribution in [0.4, 0.5) is 5.69 Å². The standard InChI is InChI=1S/C26H33N3O2S/c1-17-12-21(30-3)13-18(2)24(17)22-6-5-7-23-25(26(32-4)27-29(22)23)28(14-19-8-9-19)15-20-10-11-31-16-20/h5-7,12-13,19-20H,8-11,14-16H2,1-4H3. The van der Waals surface area contributed by atoms with Crippen molar-refractivity contribution in [3.8, 4) is 17.0 Å². The quantitative estimate of drug-likeness (QED) is 0.417. The Balaban J connectivity index is 1.63. The summed E-state index contributed by atoms with van der Waals surface area (Å²) in [5.74, 6) is 2.32. The zero-order chi connectivity index (χ0) is 22.2. The van der Waals surface area contributed by atoms with Crippen molar-refractivity contribution in [2.24, 2.45) is 11.8 Å². The van der Waals surface area contributed by atoms with Gasteiger partial charge in [-0.25, -0.2) is 4.52 Å². The Kier molecular flexibility index (Phi) is 6.08. The maximum Gasteiger partial charge on any atom is 0.142 e. The molecule has 1 aromatic carbocycles. The molecule has 0 bridgehead atoms. The van der Waals surface area contributed by atoms with Crippen LogP contribution in [0.5, 0.6) is 5.75 Å².